The Morgan fingerprint density at radius 1 is 0.905 bits per heavy atom. The maximum atomic E-state index is 4.74. The largest absolute Gasteiger partial charge is 0.332 e. The highest BCUT2D eigenvalue weighted by Crippen LogP contribution is 2.32. The molecule has 2 nitrogen and oxygen atoms in total. The Hall–Kier alpha value is -2.13. The quantitative estimate of drug-likeness (QED) is 0.692. The fourth-order valence-corrected chi connectivity index (χ4v) is 3.13. The van der Waals surface area contributed by atoms with E-state index in [9.17, 15) is 0 Å². The van der Waals surface area contributed by atoms with Gasteiger partial charge >= 0.3 is 0 Å². The van der Waals surface area contributed by atoms with Crippen molar-refractivity contribution in [3.05, 3.63) is 64.5 Å². The van der Waals surface area contributed by atoms with Crippen LogP contribution in [0.25, 0.3) is 11.3 Å². The Bertz CT molecular complexity index is 757. The molecule has 1 heterocycles. The number of anilines is 2. The number of nitrogens with zero attached hydrogens (tertiary/aromatic N) is 1. The molecule has 0 fully saturated rings. The molecule has 1 aromatic heterocycles. The SMILES string of the molecule is Cc1ccc(-c2nc(Nc3cccc(C)c3)sc2C)cc1. The number of nitrogens with one attached hydrogen (secondary N) is 1. The van der Waals surface area contributed by atoms with Crippen LogP contribution in [-0.2, 0) is 0 Å². The molecule has 0 aliphatic rings. The molecule has 0 saturated carbocycles. The van der Waals surface area contributed by atoms with Crippen LogP contribution < -0.4 is 5.32 Å². The van der Waals surface area contributed by atoms with Crippen LogP contribution in [0.1, 0.15) is 16.0 Å². The molecular weight excluding hydrogens is 276 g/mol. The van der Waals surface area contributed by atoms with E-state index in [1.807, 2.05) is 0 Å². The van der Waals surface area contributed by atoms with E-state index >= 15 is 0 Å². The van der Waals surface area contributed by atoms with Gasteiger partial charge in [-0.3, -0.25) is 0 Å². The van der Waals surface area contributed by atoms with Crippen molar-refractivity contribution in [2.75, 3.05) is 5.32 Å². The van der Waals surface area contributed by atoms with Crippen molar-refractivity contribution in [3.63, 3.8) is 0 Å². The van der Waals surface area contributed by atoms with E-state index in [-0.39, 0.29) is 0 Å². The molecule has 2 aromatic carbocycles. The standard InChI is InChI=1S/C18H18N2S/c1-12-7-9-15(10-8-12)17-14(3)21-18(20-17)19-16-6-4-5-13(2)11-16/h4-11H,1-3H3,(H,19,20). The van der Waals surface area contributed by atoms with Crippen molar-refractivity contribution in [3.8, 4) is 11.3 Å². The molecule has 3 aromatic rings. The maximum Gasteiger partial charge on any atom is 0.187 e. The van der Waals surface area contributed by atoms with Crippen molar-refractivity contribution in [2.24, 2.45) is 0 Å². The summed E-state index contributed by atoms with van der Waals surface area (Å²) in [6.45, 7) is 6.31. The Kier molecular flexibility index (Phi) is 3.76. The highest BCUT2D eigenvalue weighted by atomic mass is 32.1. The molecule has 3 heteroatoms. The molecule has 0 spiro atoms. The van der Waals surface area contributed by atoms with Gasteiger partial charge in [-0.1, -0.05) is 42.0 Å². The van der Waals surface area contributed by atoms with E-state index in [0.717, 1.165) is 16.5 Å². The molecular formula is C18H18N2S. The van der Waals surface area contributed by atoms with Crippen LogP contribution >= 0.6 is 11.3 Å². The average molecular weight is 294 g/mol. The minimum absolute atomic E-state index is 0.939. The Morgan fingerprint density at radius 3 is 2.38 bits per heavy atom. The maximum absolute atomic E-state index is 4.74. The van der Waals surface area contributed by atoms with Gasteiger partial charge in [0.25, 0.3) is 0 Å². The van der Waals surface area contributed by atoms with Crippen LogP contribution in [0.5, 0.6) is 0 Å². The van der Waals surface area contributed by atoms with Gasteiger partial charge in [0.2, 0.25) is 0 Å². The summed E-state index contributed by atoms with van der Waals surface area (Å²) >= 11 is 1.69. The number of thiazole rings is 1. The minimum Gasteiger partial charge on any atom is -0.332 e. The third-order valence-corrected chi connectivity index (χ3v) is 4.28. The lowest BCUT2D eigenvalue weighted by Gasteiger charge is -2.03. The lowest BCUT2D eigenvalue weighted by Crippen LogP contribution is -1.90. The van der Waals surface area contributed by atoms with Crippen molar-refractivity contribution in [1.29, 1.82) is 0 Å². The molecule has 0 atom stereocenters. The van der Waals surface area contributed by atoms with E-state index < -0.39 is 0 Å². The first kappa shape index (κ1) is 13.8. The summed E-state index contributed by atoms with van der Waals surface area (Å²) in [5.41, 5.74) is 5.83. The van der Waals surface area contributed by atoms with Crippen molar-refractivity contribution < 1.29 is 0 Å². The van der Waals surface area contributed by atoms with Crippen molar-refractivity contribution >= 4 is 22.2 Å². The second-order valence-electron chi connectivity index (χ2n) is 5.28. The van der Waals surface area contributed by atoms with Gasteiger partial charge < -0.3 is 5.32 Å². The first-order valence-corrected chi connectivity index (χ1v) is 7.81. The van der Waals surface area contributed by atoms with Gasteiger partial charge in [0.15, 0.2) is 5.13 Å². The number of hydrogen-bond donors (Lipinski definition) is 1. The first-order valence-electron chi connectivity index (χ1n) is 7.00. The fraction of sp³-hybridized carbons (Fsp3) is 0.167. The molecule has 0 aliphatic carbocycles. The Labute approximate surface area is 129 Å². The van der Waals surface area contributed by atoms with Crippen LogP contribution in [0.3, 0.4) is 0 Å². The molecule has 3 rings (SSSR count). The molecule has 0 amide bonds. The first-order chi connectivity index (χ1) is 10.1. The zero-order valence-electron chi connectivity index (χ0n) is 12.5. The Balaban J connectivity index is 1.89. The van der Waals surface area contributed by atoms with Crippen molar-refractivity contribution in [2.45, 2.75) is 20.8 Å². The van der Waals surface area contributed by atoms with E-state index in [2.05, 4.69) is 74.6 Å². The number of aryl methyl sites for hydroxylation is 3. The number of aromatic nitrogens is 1. The Morgan fingerprint density at radius 2 is 1.67 bits per heavy atom. The predicted molar refractivity (Wildman–Crippen MR) is 91.5 cm³/mol. The summed E-state index contributed by atoms with van der Waals surface area (Å²) in [5, 5.41) is 4.33. The smallest absolute Gasteiger partial charge is 0.187 e. The predicted octanol–water partition coefficient (Wildman–Crippen LogP) is 5.48. The van der Waals surface area contributed by atoms with E-state index in [1.165, 1.54) is 21.6 Å². The molecule has 0 saturated heterocycles. The number of hydrogen-bond acceptors (Lipinski definition) is 3. The van der Waals surface area contributed by atoms with Gasteiger partial charge in [0.1, 0.15) is 0 Å². The van der Waals surface area contributed by atoms with Gasteiger partial charge in [-0.25, -0.2) is 4.98 Å². The number of rotatable bonds is 3. The molecule has 1 N–H and O–H groups in total. The zero-order chi connectivity index (χ0) is 14.8. The third kappa shape index (κ3) is 3.14. The summed E-state index contributed by atoms with van der Waals surface area (Å²) in [5.74, 6) is 0. The second kappa shape index (κ2) is 5.70. The van der Waals surface area contributed by atoms with E-state index in [1.54, 1.807) is 11.3 Å². The molecule has 0 bridgehead atoms. The summed E-state index contributed by atoms with van der Waals surface area (Å²) in [6, 6.07) is 16.9. The van der Waals surface area contributed by atoms with Crippen LogP contribution in [0.15, 0.2) is 48.5 Å². The third-order valence-electron chi connectivity index (χ3n) is 3.39. The number of benzene rings is 2. The van der Waals surface area contributed by atoms with Gasteiger partial charge in [-0.2, -0.15) is 0 Å². The molecule has 0 aliphatic heterocycles. The van der Waals surface area contributed by atoms with E-state index in [0.29, 0.717) is 0 Å². The molecule has 0 radical (unpaired) electrons. The molecule has 106 valence electrons. The molecule has 21 heavy (non-hydrogen) atoms. The van der Waals surface area contributed by atoms with Crippen LogP contribution in [0.2, 0.25) is 0 Å². The van der Waals surface area contributed by atoms with Crippen LogP contribution in [-0.4, -0.2) is 4.98 Å². The zero-order valence-corrected chi connectivity index (χ0v) is 13.3. The summed E-state index contributed by atoms with van der Waals surface area (Å²) in [7, 11) is 0. The van der Waals surface area contributed by atoms with Gasteiger partial charge in [0.05, 0.1) is 5.69 Å². The minimum atomic E-state index is 0.939. The highest BCUT2D eigenvalue weighted by molar-refractivity contribution is 7.16. The van der Waals surface area contributed by atoms with Gasteiger partial charge in [-0.05, 0) is 38.5 Å². The summed E-state index contributed by atoms with van der Waals surface area (Å²) in [4.78, 5) is 5.97. The average Bonchev–Trinajstić information content (AvgIpc) is 2.80. The van der Waals surface area contributed by atoms with Gasteiger partial charge in [0, 0.05) is 16.1 Å². The summed E-state index contributed by atoms with van der Waals surface area (Å²) in [6.07, 6.45) is 0. The molecule has 0 unspecified atom stereocenters. The lowest BCUT2D eigenvalue weighted by atomic mass is 10.1. The van der Waals surface area contributed by atoms with Crippen LogP contribution in [0.4, 0.5) is 10.8 Å². The second-order valence-corrected chi connectivity index (χ2v) is 6.49. The van der Waals surface area contributed by atoms with E-state index in [4.69, 9.17) is 4.98 Å². The fourth-order valence-electron chi connectivity index (χ4n) is 2.28. The van der Waals surface area contributed by atoms with Gasteiger partial charge in [-0.15, -0.1) is 11.3 Å². The van der Waals surface area contributed by atoms with Crippen molar-refractivity contribution in [1.82, 2.24) is 4.98 Å². The summed E-state index contributed by atoms with van der Waals surface area (Å²) < 4.78 is 0. The highest BCUT2D eigenvalue weighted by Gasteiger charge is 2.09. The van der Waals surface area contributed by atoms with Crippen LogP contribution in [0, 0.1) is 20.8 Å². The topological polar surface area (TPSA) is 24.9 Å². The lowest BCUT2D eigenvalue weighted by molar-refractivity contribution is 1.35. The monoisotopic (exact) mass is 294 g/mol. The normalized spacial score (nSPS) is 10.6.